The molecular weight excluding hydrogens is 385 g/mol. The summed E-state index contributed by atoms with van der Waals surface area (Å²) in [7, 11) is 0. The average Bonchev–Trinajstić information content (AvgIpc) is 2.67. The van der Waals surface area contributed by atoms with E-state index in [-0.39, 0.29) is 6.03 Å². The number of benzene rings is 2. The lowest BCUT2D eigenvalue weighted by Gasteiger charge is -2.27. The van der Waals surface area contributed by atoms with Crippen molar-refractivity contribution in [3.8, 4) is 0 Å². The van der Waals surface area contributed by atoms with Crippen molar-refractivity contribution in [1.82, 2.24) is 15.5 Å². The normalized spacial score (nSPS) is 14.7. The Kier molecular flexibility index (Phi) is 7.35. The van der Waals surface area contributed by atoms with Crippen LogP contribution >= 0.6 is 23.2 Å². The molecule has 1 heterocycles. The molecule has 0 aliphatic carbocycles. The maximum atomic E-state index is 12.2. The lowest BCUT2D eigenvalue weighted by Crippen LogP contribution is -2.37. The van der Waals surface area contributed by atoms with E-state index < -0.39 is 0 Å². The van der Waals surface area contributed by atoms with Crippen LogP contribution in [0.4, 0.5) is 4.79 Å². The smallest absolute Gasteiger partial charge is 0.315 e. The van der Waals surface area contributed by atoms with Crippen LogP contribution in [-0.2, 0) is 24.4 Å². The van der Waals surface area contributed by atoms with E-state index in [9.17, 15) is 4.79 Å². The number of carbonyl (C=O) groups excluding carboxylic acids is 1. The number of hydrogen-bond donors (Lipinski definition) is 2. The van der Waals surface area contributed by atoms with Gasteiger partial charge in [0.05, 0.1) is 13.2 Å². The Hall–Kier alpha value is -1.79. The fraction of sp³-hybridized carbons (Fsp3) is 0.350. The first-order valence-electron chi connectivity index (χ1n) is 8.94. The van der Waals surface area contributed by atoms with Crippen LogP contribution in [0.5, 0.6) is 0 Å². The van der Waals surface area contributed by atoms with E-state index >= 15 is 0 Å². The van der Waals surface area contributed by atoms with Gasteiger partial charge in [-0.3, -0.25) is 4.90 Å². The second-order valence-electron chi connectivity index (χ2n) is 6.43. The zero-order chi connectivity index (χ0) is 19.1. The molecule has 3 rings (SSSR count). The van der Waals surface area contributed by atoms with Gasteiger partial charge in [0.25, 0.3) is 0 Å². The molecule has 0 spiro atoms. The van der Waals surface area contributed by atoms with Gasteiger partial charge in [-0.25, -0.2) is 4.79 Å². The number of ether oxygens (including phenoxy) is 1. The highest BCUT2D eigenvalue weighted by atomic mass is 35.5. The first-order valence-corrected chi connectivity index (χ1v) is 9.70. The van der Waals surface area contributed by atoms with Gasteiger partial charge in [0.1, 0.15) is 0 Å². The van der Waals surface area contributed by atoms with Crippen LogP contribution in [0, 0.1) is 0 Å². The molecule has 0 radical (unpaired) electrons. The Morgan fingerprint density at radius 3 is 2.33 bits per heavy atom. The molecule has 144 valence electrons. The molecule has 7 heteroatoms. The highest BCUT2D eigenvalue weighted by molar-refractivity contribution is 6.35. The Morgan fingerprint density at radius 1 is 0.963 bits per heavy atom. The van der Waals surface area contributed by atoms with Crippen molar-refractivity contribution in [2.75, 3.05) is 26.3 Å². The molecule has 2 N–H and O–H groups in total. The third-order valence-electron chi connectivity index (χ3n) is 4.51. The van der Waals surface area contributed by atoms with Crippen molar-refractivity contribution < 1.29 is 9.53 Å². The fourth-order valence-corrected chi connectivity index (χ4v) is 3.44. The van der Waals surface area contributed by atoms with Gasteiger partial charge in [-0.05, 0) is 28.8 Å². The van der Waals surface area contributed by atoms with Crippen molar-refractivity contribution in [2.24, 2.45) is 0 Å². The molecule has 1 saturated heterocycles. The molecule has 0 saturated carbocycles. The zero-order valence-corrected chi connectivity index (χ0v) is 16.5. The van der Waals surface area contributed by atoms with E-state index in [4.69, 9.17) is 27.9 Å². The van der Waals surface area contributed by atoms with Crippen LogP contribution in [0.25, 0.3) is 0 Å². The SMILES string of the molecule is O=C(NCc1ccc(Cl)cc1Cl)NCc1ccccc1CN1CCOCC1. The van der Waals surface area contributed by atoms with Gasteiger partial charge in [0.2, 0.25) is 0 Å². The second kappa shape index (κ2) is 9.95. The van der Waals surface area contributed by atoms with Crippen LogP contribution in [-0.4, -0.2) is 37.2 Å². The number of morpholine rings is 1. The molecule has 2 amide bonds. The summed E-state index contributed by atoms with van der Waals surface area (Å²) < 4.78 is 5.40. The number of nitrogens with zero attached hydrogens (tertiary/aromatic N) is 1. The summed E-state index contributed by atoms with van der Waals surface area (Å²) in [6.45, 7) is 5.10. The zero-order valence-electron chi connectivity index (χ0n) is 15.0. The number of nitrogens with one attached hydrogen (secondary N) is 2. The minimum absolute atomic E-state index is 0.234. The van der Waals surface area contributed by atoms with Gasteiger partial charge in [-0.15, -0.1) is 0 Å². The summed E-state index contributed by atoms with van der Waals surface area (Å²) in [6.07, 6.45) is 0. The molecule has 2 aromatic carbocycles. The van der Waals surface area contributed by atoms with E-state index in [1.54, 1.807) is 12.1 Å². The Labute approximate surface area is 169 Å². The molecule has 0 atom stereocenters. The van der Waals surface area contributed by atoms with Crippen molar-refractivity contribution in [1.29, 1.82) is 0 Å². The van der Waals surface area contributed by atoms with E-state index in [1.165, 1.54) is 5.56 Å². The third kappa shape index (κ3) is 6.11. The number of hydrogen-bond acceptors (Lipinski definition) is 3. The highest BCUT2D eigenvalue weighted by Gasteiger charge is 2.13. The van der Waals surface area contributed by atoms with Gasteiger partial charge in [-0.2, -0.15) is 0 Å². The first-order chi connectivity index (χ1) is 13.1. The largest absolute Gasteiger partial charge is 0.379 e. The number of urea groups is 1. The van der Waals surface area contributed by atoms with Crippen molar-refractivity contribution in [3.63, 3.8) is 0 Å². The topological polar surface area (TPSA) is 53.6 Å². The molecule has 5 nitrogen and oxygen atoms in total. The standard InChI is InChI=1S/C20H23Cl2N3O2/c21-18-6-5-16(19(22)11-18)13-24-20(26)23-12-15-3-1-2-4-17(15)14-25-7-9-27-10-8-25/h1-6,11H,7-10,12-14H2,(H2,23,24,26). The quantitative estimate of drug-likeness (QED) is 0.764. The summed E-state index contributed by atoms with van der Waals surface area (Å²) in [5.74, 6) is 0. The van der Waals surface area contributed by atoms with E-state index in [1.807, 2.05) is 24.3 Å². The van der Waals surface area contributed by atoms with Gasteiger partial charge in [0, 0.05) is 42.8 Å². The molecule has 2 aromatic rings. The number of amides is 2. The van der Waals surface area contributed by atoms with E-state index in [0.717, 1.165) is 44.0 Å². The van der Waals surface area contributed by atoms with Gasteiger partial charge in [-0.1, -0.05) is 53.5 Å². The van der Waals surface area contributed by atoms with Crippen LogP contribution in [0.2, 0.25) is 10.0 Å². The Bertz CT molecular complexity index is 780. The maximum absolute atomic E-state index is 12.2. The monoisotopic (exact) mass is 407 g/mol. The molecular formula is C20H23Cl2N3O2. The van der Waals surface area contributed by atoms with E-state index in [0.29, 0.717) is 23.1 Å². The third-order valence-corrected chi connectivity index (χ3v) is 5.10. The molecule has 0 aromatic heterocycles. The van der Waals surface area contributed by atoms with Crippen molar-refractivity contribution in [3.05, 3.63) is 69.2 Å². The minimum atomic E-state index is -0.234. The summed E-state index contributed by atoms with van der Waals surface area (Å²) in [4.78, 5) is 14.5. The summed E-state index contributed by atoms with van der Waals surface area (Å²) in [5.41, 5.74) is 3.16. The van der Waals surface area contributed by atoms with Crippen molar-refractivity contribution in [2.45, 2.75) is 19.6 Å². The predicted octanol–water partition coefficient (Wildman–Crippen LogP) is 3.83. The van der Waals surface area contributed by atoms with Crippen LogP contribution in [0.3, 0.4) is 0 Å². The molecule has 27 heavy (non-hydrogen) atoms. The van der Waals surface area contributed by atoms with Gasteiger partial charge < -0.3 is 15.4 Å². The summed E-state index contributed by atoms with van der Waals surface area (Å²) in [5, 5.41) is 6.86. The van der Waals surface area contributed by atoms with Crippen LogP contribution in [0.1, 0.15) is 16.7 Å². The van der Waals surface area contributed by atoms with Crippen LogP contribution < -0.4 is 10.6 Å². The highest BCUT2D eigenvalue weighted by Crippen LogP contribution is 2.20. The predicted molar refractivity (Wildman–Crippen MR) is 108 cm³/mol. The van der Waals surface area contributed by atoms with E-state index in [2.05, 4.69) is 21.6 Å². The van der Waals surface area contributed by atoms with Gasteiger partial charge >= 0.3 is 6.03 Å². The summed E-state index contributed by atoms with van der Waals surface area (Å²) >= 11 is 12.0. The minimum Gasteiger partial charge on any atom is -0.379 e. The van der Waals surface area contributed by atoms with Crippen molar-refractivity contribution >= 4 is 29.2 Å². The fourth-order valence-electron chi connectivity index (χ4n) is 2.96. The molecule has 1 aliphatic heterocycles. The lowest BCUT2D eigenvalue weighted by atomic mass is 10.1. The average molecular weight is 408 g/mol. The van der Waals surface area contributed by atoms with Gasteiger partial charge in [0.15, 0.2) is 0 Å². The number of carbonyl (C=O) groups is 1. The molecule has 0 bridgehead atoms. The lowest BCUT2D eigenvalue weighted by molar-refractivity contribution is 0.0341. The Balaban J connectivity index is 1.51. The second-order valence-corrected chi connectivity index (χ2v) is 7.27. The molecule has 1 aliphatic rings. The Morgan fingerprint density at radius 2 is 1.63 bits per heavy atom. The van der Waals surface area contributed by atoms with Crippen LogP contribution in [0.15, 0.2) is 42.5 Å². The molecule has 0 unspecified atom stereocenters. The number of rotatable bonds is 6. The first kappa shape index (κ1) is 20.0. The molecule has 1 fully saturated rings. The maximum Gasteiger partial charge on any atom is 0.315 e. The summed E-state index contributed by atoms with van der Waals surface area (Å²) in [6, 6.07) is 13.2. The number of halogens is 2.